The molecule has 0 spiro atoms. The summed E-state index contributed by atoms with van der Waals surface area (Å²) in [6.07, 6.45) is 3.52. The van der Waals surface area contributed by atoms with E-state index in [-0.39, 0.29) is 6.61 Å². The molecule has 0 amide bonds. The molecule has 0 aliphatic rings. The molecule has 0 saturated heterocycles. The Kier molecular flexibility index (Phi) is 6.02. The molecule has 0 unspecified atom stereocenters. The number of hydrogen-bond acceptors (Lipinski definition) is 3. The second-order valence-electron chi connectivity index (χ2n) is 1.32. The second kappa shape index (κ2) is 6.46. The predicted molar refractivity (Wildman–Crippen MR) is 33.3 cm³/mol. The zero-order valence-corrected chi connectivity index (χ0v) is 4.80. The maximum absolute atomic E-state index is 8.24. The van der Waals surface area contributed by atoms with Crippen LogP contribution >= 0.6 is 0 Å². The van der Waals surface area contributed by atoms with Gasteiger partial charge in [0.25, 0.3) is 0 Å². The van der Waals surface area contributed by atoms with Crippen LogP contribution < -0.4 is 11.1 Å². The van der Waals surface area contributed by atoms with E-state index < -0.39 is 0 Å². The Bertz CT molecular complexity index is 63.4. The minimum absolute atomic E-state index is 0.162. The summed E-state index contributed by atoms with van der Waals surface area (Å²) < 4.78 is 0. The molecule has 0 heterocycles. The molecule has 4 N–H and O–H groups in total. The first kappa shape index (κ1) is 7.46. The van der Waals surface area contributed by atoms with Gasteiger partial charge in [-0.3, -0.25) is 0 Å². The first-order valence-corrected chi connectivity index (χ1v) is 2.61. The van der Waals surface area contributed by atoms with Crippen LogP contribution in [0.25, 0.3) is 0 Å². The van der Waals surface area contributed by atoms with Crippen LogP contribution in [0.2, 0.25) is 0 Å². The van der Waals surface area contributed by atoms with Crippen LogP contribution in [0.3, 0.4) is 0 Å². The van der Waals surface area contributed by atoms with Gasteiger partial charge in [-0.15, -0.1) is 0 Å². The van der Waals surface area contributed by atoms with Crippen molar-refractivity contribution < 1.29 is 5.11 Å². The van der Waals surface area contributed by atoms with Gasteiger partial charge >= 0.3 is 0 Å². The van der Waals surface area contributed by atoms with Gasteiger partial charge in [-0.05, 0) is 6.20 Å². The third-order valence-corrected chi connectivity index (χ3v) is 0.628. The minimum atomic E-state index is 0.162. The highest BCUT2D eigenvalue weighted by Gasteiger charge is 1.71. The Morgan fingerprint density at radius 1 is 1.62 bits per heavy atom. The number of aliphatic hydroxyl groups excluding tert-OH is 1. The second-order valence-corrected chi connectivity index (χ2v) is 1.32. The highest BCUT2D eigenvalue weighted by Crippen LogP contribution is 1.60. The summed E-state index contributed by atoms with van der Waals surface area (Å²) in [6, 6.07) is 0. The van der Waals surface area contributed by atoms with E-state index >= 15 is 0 Å². The van der Waals surface area contributed by atoms with E-state index in [4.69, 9.17) is 10.8 Å². The van der Waals surface area contributed by atoms with Gasteiger partial charge in [0.1, 0.15) is 0 Å². The van der Waals surface area contributed by atoms with E-state index in [1.54, 1.807) is 12.3 Å². The number of rotatable bonds is 4. The van der Waals surface area contributed by atoms with Crippen LogP contribution in [0.4, 0.5) is 0 Å². The minimum Gasteiger partial charge on any atom is -0.395 e. The van der Waals surface area contributed by atoms with Crippen molar-refractivity contribution >= 4 is 0 Å². The topological polar surface area (TPSA) is 58.3 Å². The first-order valence-electron chi connectivity index (χ1n) is 2.61. The van der Waals surface area contributed by atoms with Crippen LogP contribution in [0, 0.1) is 0 Å². The maximum atomic E-state index is 8.24. The smallest absolute Gasteiger partial charge is 0.0603 e. The number of nitrogens with one attached hydrogen (secondary N) is 1. The molecule has 3 heteroatoms. The lowest BCUT2D eigenvalue weighted by atomic mass is 10.6. The van der Waals surface area contributed by atoms with Gasteiger partial charge in [-0.25, -0.2) is 0 Å². The van der Waals surface area contributed by atoms with Crippen LogP contribution in [0.1, 0.15) is 0 Å². The van der Waals surface area contributed by atoms with Crippen LogP contribution in [-0.2, 0) is 0 Å². The molecular weight excluding hydrogens is 104 g/mol. The lowest BCUT2D eigenvalue weighted by Gasteiger charge is -1.91. The average molecular weight is 116 g/mol. The first-order chi connectivity index (χ1) is 3.91. The molecule has 0 aromatic rings. The Hall–Kier alpha value is -0.540. The van der Waals surface area contributed by atoms with E-state index in [0.717, 1.165) is 0 Å². The Labute approximate surface area is 49.2 Å². The van der Waals surface area contributed by atoms with E-state index in [9.17, 15) is 0 Å². The molecule has 0 bridgehead atoms. The van der Waals surface area contributed by atoms with Gasteiger partial charge in [0.15, 0.2) is 0 Å². The fraction of sp³-hybridized carbons (Fsp3) is 0.600. The zero-order chi connectivity index (χ0) is 6.24. The van der Waals surface area contributed by atoms with Crippen LogP contribution in [0.5, 0.6) is 0 Å². The molecule has 8 heavy (non-hydrogen) atoms. The van der Waals surface area contributed by atoms with Gasteiger partial charge in [0.05, 0.1) is 6.61 Å². The summed E-state index contributed by atoms with van der Waals surface area (Å²) >= 11 is 0. The summed E-state index contributed by atoms with van der Waals surface area (Å²) in [7, 11) is 0. The SMILES string of the molecule is NCC=CNCCO. The largest absolute Gasteiger partial charge is 0.395 e. The molecule has 0 fully saturated rings. The molecule has 0 aliphatic carbocycles. The quantitative estimate of drug-likeness (QED) is 0.415. The molecule has 0 aromatic carbocycles. The third-order valence-electron chi connectivity index (χ3n) is 0.628. The van der Waals surface area contributed by atoms with Crippen molar-refractivity contribution in [1.29, 1.82) is 0 Å². The summed E-state index contributed by atoms with van der Waals surface area (Å²) in [4.78, 5) is 0. The highest BCUT2D eigenvalue weighted by molar-refractivity contribution is 4.79. The van der Waals surface area contributed by atoms with Gasteiger partial charge in [0.2, 0.25) is 0 Å². The van der Waals surface area contributed by atoms with Crippen molar-refractivity contribution in [2.45, 2.75) is 0 Å². The zero-order valence-electron chi connectivity index (χ0n) is 4.80. The summed E-state index contributed by atoms with van der Waals surface area (Å²) in [6.45, 7) is 1.30. The van der Waals surface area contributed by atoms with Crippen molar-refractivity contribution in [3.63, 3.8) is 0 Å². The third kappa shape index (κ3) is 5.46. The number of hydrogen-bond donors (Lipinski definition) is 3. The molecular formula is C5H12N2O. The van der Waals surface area contributed by atoms with Gasteiger partial charge in [-0.2, -0.15) is 0 Å². The van der Waals surface area contributed by atoms with Crippen molar-refractivity contribution in [1.82, 2.24) is 5.32 Å². The van der Waals surface area contributed by atoms with E-state index in [1.807, 2.05) is 0 Å². The highest BCUT2D eigenvalue weighted by atomic mass is 16.3. The van der Waals surface area contributed by atoms with E-state index in [0.29, 0.717) is 13.1 Å². The predicted octanol–water partition coefficient (Wildman–Crippen LogP) is -0.959. The van der Waals surface area contributed by atoms with E-state index in [1.165, 1.54) is 0 Å². The molecule has 0 aromatic heterocycles. The van der Waals surface area contributed by atoms with Crippen molar-refractivity contribution in [2.24, 2.45) is 5.73 Å². The Morgan fingerprint density at radius 2 is 2.38 bits per heavy atom. The van der Waals surface area contributed by atoms with Crippen LogP contribution in [-0.4, -0.2) is 24.8 Å². The average Bonchev–Trinajstić information content (AvgIpc) is 1.81. The molecule has 48 valence electrons. The Morgan fingerprint density at radius 3 is 2.88 bits per heavy atom. The molecule has 0 rings (SSSR count). The molecule has 3 nitrogen and oxygen atoms in total. The molecule has 0 radical (unpaired) electrons. The van der Waals surface area contributed by atoms with Gasteiger partial charge < -0.3 is 16.2 Å². The normalized spacial score (nSPS) is 10.2. The van der Waals surface area contributed by atoms with Crippen molar-refractivity contribution in [3.05, 3.63) is 12.3 Å². The lowest BCUT2D eigenvalue weighted by molar-refractivity contribution is 0.298. The Balaban J connectivity index is 2.80. The maximum Gasteiger partial charge on any atom is 0.0603 e. The lowest BCUT2D eigenvalue weighted by Crippen LogP contribution is -2.11. The fourth-order valence-corrected chi connectivity index (χ4v) is 0.299. The van der Waals surface area contributed by atoms with Crippen molar-refractivity contribution in [3.8, 4) is 0 Å². The van der Waals surface area contributed by atoms with E-state index in [2.05, 4.69) is 5.32 Å². The van der Waals surface area contributed by atoms with Gasteiger partial charge in [0, 0.05) is 13.1 Å². The molecule has 0 atom stereocenters. The van der Waals surface area contributed by atoms with Gasteiger partial charge in [-0.1, -0.05) is 6.08 Å². The summed E-state index contributed by atoms with van der Waals surface area (Å²) in [5, 5.41) is 11.1. The molecule has 0 aliphatic heterocycles. The molecule has 0 saturated carbocycles. The standard InChI is InChI=1S/C5H12N2O/c6-2-1-3-7-4-5-8/h1,3,7-8H,2,4-6H2. The monoisotopic (exact) mass is 116 g/mol. The number of nitrogens with two attached hydrogens (primary N) is 1. The van der Waals surface area contributed by atoms with Crippen molar-refractivity contribution in [2.75, 3.05) is 19.7 Å². The summed E-state index contributed by atoms with van der Waals surface area (Å²) in [5.41, 5.74) is 5.12. The van der Waals surface area contributed by atoms with Crippen LogP contribution in [0.15, 0.2) is 12.3 Å². The summed E-state index contributed by atoms with van der Waals surface area (Å²) in [5.74, 6) is 0. The number of aliphatic hydroxyl groups is 1. The fourth-order valence-electron chi connectivity index (χ4n) is 0.299.